The molecule has 1 aromatic heterocycles. The highest BCUT2D eigenvalue weighted by molar-refractivity contribution is 5.90. The molecule has 3 heteroatoms. The average Bonchev–Trinajstić information content (AvgIpc) is 2.57. The molecule has 2 heterocycles. The highest BCUT2D eigenvalue weighted by Gasteiger charge is 2.16. The molecule has 0 spiro atoms. The quantitative estimate of drug-likeness (QED) is 0.610. The van der Waals surface area contributed by atoms with Crippen molar-refractivity contribution in [2.75, 3.05) is 6.54 Å². The standard InChI is InChI=1S/C12H14N2O/c1-7-4-8-9-6-13-3-2-10(9)14-12(8)11(15)5-7/h4-5,13-15H,2-3,6H2,1H3. The number of H-pyrrole nitrogens is 1. The second-order valence-corrected chi connectivity index (χ2v) is 4.22. The molecule has 0 saturated carbocycles. The average molecular weight is 202 g/mol. The number of benzene rings is 1. The Hall–Kier alpha value is -1.48. The molecule has 0 fully saturated rings. The van der Waals surface area contributed by atoms with Crippen molar-refractivity contribution >= 4 is 10.9 Å². The molecule has 0 aliphatic carbocycles. The highest BCUT2D eigenvalue weighted by Crippen LogP contribution is 2.31. The van der Waals surface area contributed by atoms with Gasteiger partial charge in [0.2, 0.25) is 0 Å². The lowest BCUT2D eigenvalue weighted by molar-refractivity contribution is 0.480. The van der Waals surface area contributed by atoms with Gasteiger partial charge in [0.25, 0.3) is 0 Å². The third-order valence-electron chi connectivity index (χ3n) is 3.08. The minimum atomic E-state index is 0.361. The van der Waals surface area contributed by atoms with E-state index in [1.807, 2.05) is 6.92 Å². The lowest BCUT2D eigenvalue weighted by Gasteiger charge is -2.12. The first-order chi connectivity index (χ1) is 7.25. The number of hydrogen-bond donors (Lipinski definition) is 3. The fourth-order valence-electron chi connectivity index (χ4n) is 2.37. The molecule has 0 atom stereocenters. The molecule has 3 nitrogen and oxygen atoms in total. The maximum absolute atomic E-state index is 9.85. The zero-order valence-corrected chi connectivity index (χ0v) is 8.72. The fourth-order valence-corrected chi connectivity index (χ4v) is 2.37. The molecule has 78 valence electrons. The molecular formula is C12H14N2O. The van der Waals surface area contributed by atoms with E-state index in [0.717, 1.165) is 36.0 Å². The number of nitrogens with one attached hydrogen (secondary N) is 2. The van der Waals surface area contributed by atoms with Gasteiger partial charge in [-0.25, -0.2) is 0 Å². The van der Waals surface area contributed by atoms with Crippen LogP contribution in [0.5, 0.6) is 5.75 Å². The first-order valence-electron chi connectivity index (χ1n) is 5.29. The highest BCUT2D eigenvalue weighted by atomic mass is 16.3. The van der Waals surface area contributed by atoms with Gasteiger partial charge < -0.3 is 15.4 Å². The van der Waals surface area contributed by atoms with Crippen LogP contribution in [-0.4, -0.2) is 16.6 Å². The maximum Gasteiger partial charge on any atom is 0.139 e. The lowest BCUT2D eigenvalue weighted by Crippen LogP contribution is -2.22. The summed E-state index contributed by atoms with van der Waals surface area (Å²) in [4.78, 5) is 3.32. The van der Waals surface area contributed by atoms with Crippen molar-refractivity contribution in [1.29, 1.82) is 0 Å². The molecule has 1 aliphatic rings. The summed E-state index contributed by atoms with van der Waals surface area (Å²) in [6.07, 6.45) is 1.02. The Morgan fingerprint density at radius 3 is 3.07 bits per heavy atom. The van der Waals surface area contributed by atoms with Crippen molar-refractivity contribution in [2.45, 2.75) is 19.9 Å². The van der Waals surface area contributed by atoms with Gasteiger partial charge in [-0.3, -0.25) is 0 Å². The van der Waals surface area contributed by atoms with Crippen LogP contribution in [0.25, 0.3) is 10.9 Å². The number of phenols is 1. The van der Waals surface area contributed by atoms with E-state index in [0.29, 0.717) is 5.75 Å². The first-order valence-corrected chi connectivity index (χ1v) is 5.29. The summed E-state index contributed by atoms with van der Waals surface area (Å²) in [5.41, 5.74) is 4.57. The van der Waals surface area contributed by atoms with Crippen LogP contribution in [0.4, 0.5) is 0 Å². The number of aromatic hydroxyl groups is 1. The Kier molecular flexibility index (Phi) is 1.76. The second kappa shape index (κ2) is 3.00. The first kappa shape index (κ1) is 8.80. The zero-order valence-electron chi connectivity index (χ0n) is 8.72. The minimum absolute atomic E-state index is 0.361. The van der Waals surface area contributed by atoms with Crippen molar-refractivity contribution in [3.63, 3.8) is 0 Å². The van der Waals surface area contributed by atoms with Gasteiger partial charge >= 0.3 is 0 Å². The second-order valence-electron chi connectivity index (χ2n) is 4.22. The van der Waals surface area contributed by atoms with Crippen LogP contribution < -0.4 is 5.32 Å². The summed E-state index contributed by atoms with van der Waals surface area (Å²) in [5, 5.41) is 14.4. The Labute approximate surface area is 88.1 Å². The van der Waals surface area contributed by atoms with Crippen LogP contribution in [0.15, 0.2) is 12.1 Å². The van der Waals surface area contributed by atoms with Crippen LogP contribution >= 0.6 is 0 Å². The van der Waals surface area contributed by atoms with E-state index < -0.39 is 0 Å². The minimum Gasteiger partial charge on any atom is -0.506 e. The Morgan fingerprint density at radius 1 is 1.33 bits per heavy atom. The lowest BCUT2D eigenvalue weighted by atomic mass is 10.0. The number of aryl methyl sites for hydroxylation is 1. The van der Waals surface area contributed by atoms with Crippen molar-refractivity contribution in [2.24, 2.45) is 0 Å². The summed E-state index contributed by atoms with van der Waals surface area (Å²) < 4.78 is 0. The molecule has 3 rings (SSSR count). The van der Waals surface area contributed by atoms with Gasteiger partial charge in [-0.2, -0.15) is 0 Å². The molecule has 0 unspecified atom stereocenters. The largest absolute Gasteiger partial charge is 0.506 e. The molecule has 1 aromatic carbocycles. The summed E-state index contributed by atoms with van der Waals surface area (Å²) in [6.45, 7) is 3.92. The van der Waals surface area contributed by atoms with E-state index in [-0.39, 0.29) is 0 Å². The van der Waals surface area contributed by atoms with Crippen LogP contribution in [0.1, 0.15) is 16.8 Å². The summed E-state index contributed by atoms with van der Waals surface area (Å²) >= 11 is 0. The van der Waals surface area contributed by atoms with Crippen LogP contribution in [0.2, 0.25) is 0 Å². The van der Waals surface area contributed by atoms with Crippen LogP contribution in [0.3, 0.4) is 0 Å². The van der Waals surface area contributed by atoms with Gasteiger partial charge in [0.05, 0.1) is 5.52 Å². The SMILES string of the molecule is Cc1cc(O)c2[nH]c3c(c2c1)CNCC3. The molecule has 3 N–H and O–H groups in total. The van der Waals surface area contributed by atoms with Gasteiger partial charge in [0, 0.05) is 30.6 Å². The van der Waals surface area contributed by atoms with E-state index in [1.165, 1.54) is 11.3 Å². The van der Waals surface area contributed by atoms with E-state index in [2.05, 4.69) is 16.4 Å². The van der Waals surface area contributed by atoms with E-state index in [1.54, 1.807) is 6.07 Å². The maximum atomic E-state index is 9.85. The Morgan fingerprint density at radius 2 is 2.20 bits per heavy atom. The van der Waals surface area contributed by atoms with Crippen molar-refractivity contribution in [1.82, 2.24) is 10.3 Å². The molecule has 2 aromatic rings. The van der Waals surface area contributed by atoms with E-state index in [9.17, 15) is 5.11 Å². The van der Waals surface area contributed by atoms with Crippen molar-refractivity contribution in [3.8, 4) is 5.75 Å². The van der Waals surface area contributed by atoms with Gasteiger partial charge in [0.1, 0.15) is 5.75 Å². The summed E-state index contributed by atoms with van der Waals surface area (Å²) in [5.74, 6) is 0.361. The molecule has 0 radical (unpaired) electrons. The van der Waals surface area contributed by atoms with Crippen molar-refractivity contribution < 1.29 is 5.11 Å². The molecule has 0 bridgehead atoms. The number of phenolic OH excluding ortho intramolecular Hbond substituents is 1. The molecule has 15 heavy (non-hydrogen) atoms. The molecule has 0 amide bonds. The number of aromatic amines is 1. The fraction of sp³-hybridized carbons (Fsp3) is 0.333. The predicted octanol–water partition coefficient (Wildman–Crippen LogP) is 1.83. The summed E-state index contributed by atoms with van der Waals surface area (Å²) in [6, 6.07) is 3.94. The third-order valence-corrected chi connectivity index (χ3v) is 3.08. The van der Waals surface area contributed by atoms with Crippen LogP contribution in [0, 0.1) is 6.92 Å². The zero-order chi connectivity index (χ0) is 10.4. The Bertz CT molecular complexity index is 528. The number of hydrogen-bond acceptors (Lipinski definition) is 2. The predicted molar refractivity (Wildman–Crippen MR) is 60.1 cm³/mol. The smallest absolute Gasteiger partial charge is 0.139 e. The topological polar surface area (TPSA) is 48.0 Å². The third kappa shape index (κ3) is 1.23. The molecule has 0 saturated heterocycles. The van der Waals surface area contributed by atoms with Gasteiger partial charge in [-0.1, -0.05) is 0 Å². The molecule has 1 aliphatic heterocycles. The van der Waals surface area contributed by atoms with E-state index >= 15 is 0 Å². The molecular weight excluding hydrogens is 188 g/mol. The van der Waals surface area contributed by atoms with Crippen molar-refractivity contribution in [3.05, 3.63) is 29.0 Å². The number of aromatic nitrogens is 1. The van der Waals surface area contributed by atoms with Gasteiger partial charge in [0.15, 0.2) is 0 Å². The Balaban J connectivity index is 2.37. The number of fused-ring (bicyclic) bond motifs is 3. The number of rotatable bonds is 0. The monoisotopic (exact) mass is 202 g/mol. The van der Waals surface area contributed by atoms with E-state index in [4.69, 9.17) is 0 Å². The summed E-state index contributed by atoms with van der Waals surface area (Å²) in [7, 11) is 0. The van der Waals surface area contributed by atoms with Gasteiger partial charge in [-0.05, 0) is 30.2 Å². The van der Waals surface area contributed by atoms with Crippen LogP contribution in [-0.2, 0) is 13.0 Å². The normalized spacial score (nSPS) is 15.5. The van der Waals surface area contributed by atoms with Gasteiger partial charge in [-0.15, -0.1) is 0 Å².